The van der Waals surface area contributed by atoms with E-state index in [9.17, 15) is 9.50 Å². The van der Waals surface area contributed by atoms with Crippen LogP contribution in [-0.4, -0.2) is 15.1 Å². The predicted octanol–water partition coefficient (Wildman–Crippen LogP) is 5.78. The Morgan fingerprint density at radius 2 is 1.71 bits per heavy atom. The average Bonchev–Trinajstić information content (AvgIpc) is 2.74. The molecule has 0 bridgehead atoms. The Morgan fingerprint density at radius 1 is 1.00 bits per heavy atom. The highest BCUT2D eigenvalue weighted by atomic mass is 35.5. The molecule has 3 aromatic carbocycles. The number of hydrogen-bond acceptors (Lipinski definition) is 5. The van der Waals surface area contributed by atoms with Gasteiger partial charge in [0, 0.05) is 22.2 Å². The maximum atomic E-state index is 13.0. The second-order valence-electron chi connectivity index (χ2n) is 6.99. The number of rotatable bonds is 5. The number of anilines is 1. The molecule has 1 aromatic heterocycles. The Kier molecular flexibility index (Phi) is 5.73. The molecule has 0 atom stereocenters. The minimum Gasteiger partial charge on any atom is -0.507 e. The second-order valence-corrected chi connectivity index (χ2v) is 7.43. The van der Waals surface area contributed by atoms with Gasteiger partial charge in [-0.2, -0.15) is 0 Å². The fourth-order valence-corrected chi connectivity index (χ4v) is 3.43. The largest absolute Gasteiger partial charge is 0.507 e. The normalized spacial score (nSPS) is 10.8. The predicted molar refractivity (Wildman–Crippen MR) is 119 cm³/mol. The van der Waals surface area contributed by atoms with E-state index in [2.05, 4.69) is 9.97 Å². The van der Waals surface area contributed by atoms with Gasteiger partial charge in [-0.3, -0.25) is 0 Å². The van der Waals surface area contributed by atoms with Crippen LogP contribution in [0.1, 0.15) is 11.3 Å². The third-order valence-corrected chi connectivity index (χ3v) is 5.04. The summed E-state index contributed by atoms with van der Waals surface area (Å²) in [6.07, 6.45) is 0. The second kappa shape index (κ2) is 8.62. The van der Waals surface area contributed by atoms with Crippen molar-refractivity contribution in [1.29, 1.82) is 0 Å². The number of ether oxygens (including phenoxy) is 1. The number of phenols is 1. The fraction of sp³-hybridized carbons (Fsp3) is 0.0833. The first-order valence-electron chi connectivity index (χ1n) is 9.51. The van der Waals surface area contributed by atoms with E-state index in [-0.39, 0.29) is 24.1 Å². The molecule has 5 nitrogen and oxygen atoms in total. The molecular formula is C24H19ClFN3O2. The van der Waals surface area contributed by atoms with Crippen LogP contribution in [0.5, 0.6) is 11.5 Å². The highest BCUT2D eigenvalue weighted by molar-refractivity contribution is 6.30. The Balaban J connectivity index is 1.68. The number of hydrogen-bond donors (Lipinski definition) is 2. The lowest BCUT2D eigenvalue weighted by Crippen LogP contribution is -2.02. The van der Waals surface area contributed by atoms with E-state index in [1.54, 1.807) is 36.4 Å². The lowest BCUT2D eigenvalue weighted by Gasteiger charge is -2.15. The number of halogens is 2. The quantitative estimate of drug-likeness (QED) is 0.415. The molecule has 0 fully saturated rings. The van der Waals surface area contributed by atoms with Gasteiger partial charge < -0.3 is 15.6 Å². The maximum absolute atomic E-state index is 13.0. The summed E-state index contributed by atoms with van der Waals surface area (Å²) in [7, 11) is 0. The number of nitrogens with zero attached hydrogens (tertiary/aromatic N) is 2. The molecule has 0 aliphatic carbocycles. The average molecular weight is 436 g/mol. The van der Waals surface area contributed by atoms with Gasteiger partial charge in [-0.25, -0.2) is 14.4 Å². The maximum Gasteiger partial charge on any atom is 0.220 e. The Bertz CT molecular complexity index is 1230. The summed E-state index contributed by atoms with van der Waals surface area (Å²) in [5.41, 5.74) is 10.0. The summed E-state index contributed by atoms with van der Waals surface area (Å²) in [5.74, 6) is 0.268. The highest BCUT2D eigenvalue weighted by Crippen LogP contribution is 2.39. The van der Waals surface area contributed by atoms with Gasteiger partial charge in [0.15, 0.2) is 0 Å². The zero-order chi connectivity index (χ0) is 22.0. The number of nitrogens with two attached hydrogens (primary N) is 1. The first-order valence-corrected chi connectivity index (χ1v) is 9.89. The third-order valence-electron chi connectivity index (χ3n) is 4.78. The van der Waals surface area contributed by atoms with Crippen LogP contribution in [0.25, 0.3) is 22.4 Å². The van der Waals surface area contributed by atoms with E-state index < -0.39 is 0 Å². The summed E-state index contributed by atoms with van der Waals surface area (Å²) in [6.45, 7) is 2.08. The molecular weight excluding hydrogens is 417 g/mol. The van der Waals surface area contributed by atoms with Gasteiger partial charge in [0.05, 0.1) is 11.4 Å². The van der Waals surface area contributed by atoms with Crippen molar-refractivity contribution in [3.05, 3.63) is 88.8 Å². The first kappa shape index (κ1) is 20.6. The van der Waals surface area contributed by atoms with Crippen molar-refractivity contribution in [3.63, 3.8) is 0 Å². The van der Waals surface area contributed by atoms with Crippen molar-refractivity contribution in [2.24, 2.45) is 0 Å². The topological polar surface area (TPSA) is 81.3 Å². The van der Waals surface area contributed by atoms with E-state index >= 15 is 0 Å². The number of phenolic OH excluding ortho intramolecular Hbond substituents is 1. The zero-order valence-electron chi connectivity index (χ0n) is 16.6. The van der Waals surface area contributed by atoms with Crippen LogP contribution in [0.2, 0.25) is 5.02 Å². The van der Waals surface area contributed by atoms with Gasteiger partial charge in [-0.15, -0.1) is 0 Å². The van der Waals surface area contributed by atoms with Crippen LogP contribution >= 0.6 is 11.6 Å². The third kappa shape index (κ3) is 4.59. The molecule has 156 valence electrons. The van der Waals surface area contributed by atoms with Crippen molar-refractivity contribution < 1.29 is 14.2 Å². The number of aryl methyl sites for hydroxylation is 1. The van der Waals surface area contributed by atoms with Crippen LogP contribution in [0.3, 0.4) is 0 Å². The molecule has 4 aromatic rings. The van der Waals surface area contributed by atoms with Gasteiger partial charge in [-0.1, -0.05) is 35.9 Å². The van der Waals surface area contributed by atoms with Crippen molar-refractivity contribution >= 4 is 17.5 Å². The smallest absolute Gasteiger partial charge is 0.220 e. The summed E-state index contributed by atoms with van der Waals surface area (Å²) in [5, 5.41) is 11.3. The van der Waals surface area contributed by atoms with Crippen LogP contribution in [-0.2, 0) is 6.61 Å². The molecule has 0 saturated carbocycles. The van der Waals surface area contributed by atoms with E-state index in [4.69, 9.17) is 22.1 Å². The van der Waals surface area contributed by atoms with Crippen LogP contribution in [0.15, 0.2) is 66.7 Å². The summed E-state index contributed by atoms with van der Waals surface area (Å²) < 4.78 is 18.8. The van der Waals surface area contributed by atoms with Crippen LogP contribution < -0.4 is 10.5 Å². The monoisotopic (exact) mass is 435 g/mol. The van der Waals surface area contributed by atoms with Crippen molar-refractivity contribution in [2.45, 2.75) is 13.5 Å². The molecule has 0 radical (unpaired) electrons. The van der Waals surface area contributed by atoms with Crippen molar-refractivity contribution in [3.8, 4) is 33.9 Å². The lowest BCUT2D eigenvalue weighted by molar-refractivity contribution is 0.304. The highest BCUT2D eigenvalue weighted by Gasteiger charge is 2.18. The molecule has 31 heavy (non-hydrogen) atoms. The molecule has 0 spiro atoms. The standard InChI is InChI=1S/C24H19ClFN3O2/c1-14-22(16-4-6-17(25)7-5-16)23(29-24(27)28-14)20-11-10-19(12-21(20)30)31-13-15-2-8-18(26)9-3-15/h2-12,30H,13H2,1H3,(H2,27,28,29). The fourth-order valence-electron chi connectivity index (χ4n) is 3.30. The Labute approximate surface area is 183 Å². The van der Waals surface area contributed by atoms with Gasteiger partial charge in [-0.05, 0) is 54.4 Å². The van der Waals surface area contributed by atoms with Crippen molar-refractivity contribution in [2.75, 3.05) is 5.73 Å². The van der Waals surface area contributed by atoms with Crippen LogP contribution in [0.4, 0.5) is 10.3 Å². The minimum atomic E-state index is -0.304. The van der Waals surface area contributed by atoms with E-state index in [0.717, 1.165) is 16.7 Å². The number of nitrogen functional groups attached to an aromatic ring is 1. The molecule has 7 heteroatoms. The first-order chi connectivity index (χ1) is 14.9. The molecule has 3 N–H and O–H groups in total. The molecule has 0 amide bonds. The van der Waals surface area contributed by atoms with Crippen LogP contribution in [0, 0.1) is 12.7 Å². The minimum absolute atomic E-state index is 0.00989. The Hall–Kier alpha value is -3.64. The van der Waals surface area contributed by atoms with E-state index in [0.29, 0.717) is 27.7 Å². The molecule has 0 unspecified atom stereocenters. The molecule has 1 heterocycles. The van der Waals surface area contributed by atoms with Gasteiger partial charge in [0.2, 0.25) is 5.95 Å². The van der Waals surface area contributed by atoms with Gasteiger partial charge in [0.25, 0.3) is 0 Å². The summed E-state index contributed by atoms with van der Waals surface area (Å²) in [4.78, 5) is 8.67. The number of aromatic hydroxyl groups is 1. The SMILES string of the molecule is Cc1nc(N)nc(-c2ccc(OCc3ccc(F)cc3)cc2O)c1-c1ccc(Cl)cc1. The number of aromatic nitrogens is 2. The Morgan fingerprint density at radius 3 is 2.39 bits per heavy atom. The molecule has 0 saturated heterocycles. The molecule has 0 aliphatic rings. The lowest BCUT2D eigenvalue weighted by atomic mass is 9.97. The van der Waals surface area contributed by atoms with Crippen molar-refractivity contribution in [1.82, 2.24) is 9.97 Å². The van der Waals surface area contributed by atoms with E-state index in [1.165, 1.54) is 18.2 Å². The zero-order valence-corrected chi connectivity index (χ0v) is 17.4. The molecule has 0 aliphatic heterocycles. The summed E-state index contributed by atoms with van der Waals surface area (Å²) >= 11 is 6.02. The van der Waals surface area contributed by atoms with Gasteiger partial charge >= 0.3 is 0 Å². The van der Waals surface area contributed by atoms with Gasteiger partial charge in [0.1, 0.15) is 23.9 Å². The van der Waals surface area contributed by atoms with E-state index in [1.807, 2.05) is 19.1 Å². The number of benzene rings is 3. The molecule has 4 rings (SSSR count). The summed E-state index contributed by atoms with van der Waals surface area (Å²) in [6, 6.07) is 18.3.